The van der Waals surface area contributed by atoms with Gasteiger partial charge in [-0.25, -0.2) is 0 Å². The second-order valence-corrected chi connectivity index (χ2v) is 7.46. The van der Waals surface area contributed by atoms with E-state index in [0.29, 0.717) is 11.1 Å². The largest absolute Gasteiger partial charge is 0.394 e. The third kappa shape index (κ3) is 3.64. The number of carbonyl (C=O) groups excluding carboxylic acids is 1. The summed E-state index contributed by atoms with van der Waals surface area (Å²) in [6.07, 6.45) is -4.86. The van der Waals surface area contributed by atoms with E-state index in [0.717, 1.165) is 5.39 Å². The lowest BCUT2D eigenvalue weighted by Crippen LogP contribution is -2.56. The highest BCUT2D eigenvalue weighted by atomic mass is 16.6. The van der Waals surface area contributed by atoms with Crippen molar-refractivity contribution in [1.82, 2.24) is 4.57 Å². The zero-order chi connectivity index (χ0) is 19.9. The molecular formula is C19H25NO7. The minimum atomic E-state index is -1.50. The SMILES string of the molecule is CC(C)(O)C(=O)Cc1cn([C@@H]2O[C@H](CO)[C@@H](O)[C@H](O)[C@H]2O)c2ccccc12. The summed E-state index contributed by atoms with van der Waals surface area (Å²) in [6, 6.07) is 7.17. The van der Waals surface area contributed by atoms with Gasteiger partial charge in [-0.1, -0.05) is 18.2 Å². The number of ketones is 1. The van der Waals surface area contributed by atoms with Gasteiger partial charge in [0.2, 0.25) is 0 Å². The van der Waals surface area contributed by atoms with Gasteiger partial charge in [-0.2, -0.15) is 0 Å². The first kappa shape index (κ1) is 19.9. The van der Waals surface area contributed by atoms with Crippen LogP contribution in [0, 0.1) is 0 Å². The van der Waals surface area contributed by atoms with Crippen molar-refractivity contribution in [3.63, 3.8) is 0 Å². The Balaban J connectivity index is 2.03. The van der Waals surface area contributed by atoms with Crippen LogP contribution in [0.15, 0.2) is 30.5 Å². The second-order valence-electron chi connectivity index (χ2n) is 7.46. The molecule has 1 saturated heterocycles. The van der Waals surface area contributed by atoms with E-state index in [1.807, 2.05) is 6.07 Å². The molecule has 27 heavy (non-hydrogen) atoms. The van der Waals surface area contributed by atoms with E-state index < -0.39 is 42.9 Å². The van der Waals surface area contributed by atoms with E-state index in [2.05, 4.69) is 0 Å². The highest BCUT2D eigenvalue weighted by Crippen LogP contribution is 2.33. The Morgan fingerprint density at radius 3 is 2.44 bits per heavy atom. The molecule has 0 spiro atoms. The summed E-state index contributed by atoms with van der Waals surface area (Å²) in [5, 5.41) is 50.5. The van der Waals surface area contributed by atoms with Crippen LogP contribution in [-0.2, 0) is 16.0 Å². The minimum Gasteiger partial charge on any atom is -0.394 e. The van der Waals surface area contributed by atoms with Crippen LogP contribution in [0.25, 0.3) is 10.9 Å². The van der Waals surface area contributed by atoms with E-state index in [1.165, 1.54) is 13.8 Å². The predicted molar refractivity (Wildman–Crippen MR) is 96.0 cm³/mol. The molecule has 5 N–H and O–H groups in total. The highest BCUT2D eigenvalue weighted by Gasteiger charge is 2.44. The third-order valence-corrected chi connectivity index (χ3v) is 5.00. The molecule has 8 heteroatoms. The first-order chi connectivity index (χ1) is 12.6. The normalized spacial score (nSPS) is 29.2. The third-order valence-electron chi connectivity index (χ3n) is 5.00. The molecular weight excluding hydrogens is 354 g/mol. The van der Waals surface area contributed by atoms with Crippen LogP contribution in [-0.4, -0.2) is 72.5 Å². The number of carbonyl (C=O) groups is 1. The van der Waals surface area contributed by atoms with Gasteiger partial charge >= 0.3 is 0 Å². The number of para-hydroxylation sites is 1. The summed E-state index contributed by atoms with van der Waals surface area (Å²) in [4.78, 5) is 12.3. The zero-order valence-electron chi connectivity index (χ0n) is 15.2. The molecule has 1 aromatic carbocycles. The molecule has 1 aliphatic heterocycles. The Bertz CT molecular complexity index is 823. The smallest absolute Gasteiger partial charge is 0.168 e. The number of nitrogens with zero attached hydrogens (tertiary/aromatic N) is 1. The Morgan fingerprint density at radius 2 is 1.81 bits per heavy atom. The molecule has 0 radical (unpaired) electrons. The van der Waals surface area contributed by atoms with Crippen molar-refractivity contribution in [3.8, 4) is 0 Å². The van der Waals surface area contributed by atoms with Gasteiger partial charge in [0.05, 0.1) is 12.1 Å². The number of aliphatic hydroxyl groups excluding tert-OH is 4. The van der Waals surface area contributed by atoms with Crippen LogP contribution in [0.5, 0.6) is 0 Å². The van der Waals surface area contributed by atoms with Crippen molar-refractivity contribution in [2.75, 3.05) is 6.61 Å². The molecule has 0 amide bonds. The first-order valence-corrected chi connectivity index (χ1v) is 8.79. The van der Waals surface area contributed by atoms with Crippen LogP contribution in [0.3, 0.4) is 0 Å². The standard InChI is InChI=1S/C19H25NO7/c1-19(2,26)14(22)7-10-8-20(12-6-4-3-5-11(10)12)18-17(25)16(24)15(23)13(9-21)27-18/h3-6,8,13,15-18,21,23-26H,7,9H2,1-2H3/t13-,15-,16+,17-,18-/m1/s1. The molecule has 0 saturated carbocycles. The number of aromatic nitrogens is 1. The number of hydrogen-bond acceptors (Lipinski definition) is 7. The minimum absolute atomic E-state index is 0.0194. The molecule has 0 bridgehead atoms. The molecule has 8 nitrogen and oxygen atoms in total. The van der Waals surface area contributed by atoms with Gasteiger partial charge in [-0.05, 0) is 25.5 Å². The number of ether oxygens (including phenoxy) is 1. The lowest BCUT2D eigenvalue weighted by Gasteiger charge is -2.40. The lowest BCUT2D eigenvalue weighted by atomic mass is 9.97. The Hall–Kier alpha value is -1.81. The molecule has 1 fully saturated rings. The fraction of sp³-hybridized carbons (Fsp3) is 0.526. The molecule has 0 aliphatic carbocycles. The van der Waals surface area contributed by atoms with Gasteiger partial charge in [-0.15, -0.1) is 0 Å². The second kappa shape index (κ2) is 7.31. The van der Waals surface area contributed by atoms with Gasteiger partial charge in [-0.3, -0.25) is 4.79 Å². The summed E-state index contributed by atoms with van der Waals surface area (Å²) < 4.78 is 7.20. The summed E-state index contributed by atoms with van der Waals surface area (Å²) in [5.74, 6) is -0.362. The summed E-state index contributed by atoms with van der Waals surface area (Å²) >= 11 is 0. The fourth-order valence-corrected chi connectivity index (χ4v) is 3.33. The summed E-state index contributed by atoms with van der Waals surface area (Å²) in [5.41, 5.74) is -0.193. The van der Waals surface area contributed by atoms with Gasteiger partial charge < -0.3 is 34.8 Å². The monoisotopic (exact) mass is 379 g/mol. The average molecular weight is 379 g/mol. The van der Waals surface area contributed by atoms with E-state index in [9.17, 15) is 30.3 Å². The molecule has 1 aromatic heterocycles. The van der Waals surface area contributed by atoms with Gasteiger partial charge in [0.15, 0.2) is 12.0 Å². The quantitative estimate of drug-likeness (QED) is 0.473. The van der Waals surface area contributed by atoms with E-state index in [1.54, 1.807) is 29.0 Å². The summed E-state index contributed by atoms with van der Waals surface area (Å²) in [6.45, 7) is 2.32. The van der Waals surface area contributed by atoms with Crippen molar-refractivity contribution in [2.24, 2.45) is 0 Å². The zero-order valence-corrected chi connectivity index (χ0v) is 15.2. The number of aliphatic hydroxyl groups is 5. The van der Waals surface area contributed by atoms with Gasteiger partial charge in [0.25, 0.3) is 0 Å². The fourth-order valence-electron chi connectivity index (χ4n) is 3.33. The Kier molecular flexibility index (Phi) is 5.40. The maximum atomic E-state index is 12.3. The number of fused-ring (bicyclic) bond motifs is 1. The first-order valence-electron chi connectivity index (χ1n) is 8.79. The highest BCUT2D eigenvalue weighted by molar-refractivity contribution is 5.93. The maximum Gasteiger partial charge on any atom is 0.168 e. The molecule has 1 aliphatic rings. The van der Waals surface area contributed by atoms with Crippen molar-refractivity contribution in [1.29, 1.82) is 0 Å². The van der Waals surface area contributed by atoms with Crippen molar-refractivity contribution in [2.45, 2.75) is 56.5 Å². The number of benzene rings is 1. The molecule has 3 rings (SSSR count). The number of hydrogen-bond donors (Lipinski definition) is 5. The molecule has 2 aromatic rings. The Morgan fingerprint density at radius 1 is 1.15 bits per heavy atom. The van der Waals surface area contributed by atoms with E-state index in [4.69, 9.17) is 4.74 Å². The van der Waals surface area contributed by atoms with Crippen molar-refractivity contribution < 1.29 is 35.1 Å². The summed E-state index contributed by atoms with van der Waals surface area (Å²) in [7, 11) is 0. The van der Waals surface area contributed by atoms with Crippen LogP contribution in [0.2, 0.25) is 0 Å². The Labute approximate surface area is 156 Å². The maximum absolute atomic E-state index is 12.3. The lowest BCUT2D eigenvalue weighted by molar-refractivity contribution is -0.250. The molecule has 148 valence electrons. The predicted octanol–water partition coefficient (Wildman–Crippen LogP) is -0.504. The van der Waals surface area contributed by atoms with E-state index in [-0.39, 0.29) is 12.2 Å². The average Bonchev–Trinajstić information content (AvgIpc) is 2.98. The van der Waals surface area contributed by atoms with Crippen LogP contribution in [0.1, 0.15) is 25.6 Å². The topological polar surface area (TPSA) is 132 Å². The van der Waals surface area contributed by atoms with Crippen molar-refractivity contribution >= 4 is 16.7 Å². The number of Topliss-reactive ketones (excluding diaryl/α,β-unsaturated/α-hetero) is 1. The van der Waals surface area contributed by atoms with Gasteiger partial charge in [0.1, 0.15) is 30.0 Å². The van der Waals surface area contributed by atoms with Crippen molar-refractivity contribution in [3.05, 3.63) is 36.0 Å². The van der Waals surface area contributed by atoms with Crippen LogP contribution < -0.4 is 0 Å². The molecule has 2 heterocycles. The van der Waals surface area contributed by atoms with Crippen LogP contribution >= 0.6 is 0 Å². The number of rotatable bonds is 5. The molecule has 0 unspecified atom stereocenters. The van der Waals surface area contributed by atoms with Crippen LogP contribution in [0.4, 0.5) is 0 Å². The molecule has 5 atom stereocenters. The van der Waals surface area contributed by atoms with E-state index >= 15 is 0 Å². The van der Waals surface area contributed by atoms with Gasteiger partial charge in [0, 0.05) is 18.0 Å².